The van der Waals surface area contributed by atoms with Crippen molar-refractivity contribution < 1.29 is 37.4 Å². The minimum atomic E-state index is -2.98. The summed E-state index contributed by atoms with van der Waals surface area (Å²) in [7, 11) is 1.29. The summed E-state index contributed by atoms with van der Waals surface area (Å²) < 4.78 is 40.6. The summed E-state index contributed by atoms with van der Waals surface area (Å²) in [4.78, 5) is 38.0. The average molecular weight is 485 g/mol. The Morgan fingerprint density at radius 3 is 2.03 bits per heavy atom. The van der Waals surface area contributed by atoms with Gasteiger partial charge in [0.2, 0.25) is 5.78 Å². The molecule has 1 heterocycles. The highest BCUT2D eigenvalue weighted by Gasteiger charge is 2.26. The predicted octanol–water partition coefficient (Wildman–Crippen LogP) is 5.48. The smallest absolute Gasteiger partial charge is 0.419 e. The van der Waals surface area contributed by atoms with Crippen LogP contribution in [0.5, 0.6) is 5.75 Å². The Hall–Kier alpha value is -4.01. The Bertz CT molecular complexity index is 1210. The number of hydrogen-bond acceptors (Lipinski definition) is 6. The maximum absolute atomic E-state index is 13.2. The molecule has 35 heavy (non-hydrogen) atoms. The number of benzene rings is 2. The van der Waals surface area contributed by atoms with Crippen LogP contribution in [0.3, 0.4) is 0 Å². The van der Waals surface area contributed by atoms with E-state index < -0.39 is 30.1 Å². The van der Waals surface area contributed by atoms with Crippen molar-refractivity contribution in [1.82, 2.24) is 4.57 Å². The maximum atomic E-state index is 13.2. The number of rotatable bonds is 7. The van der Waals surface area contributed by atoms with E-state index in [9.17, 15) is 23.2 Å². The molecule has 0 aliphatic heterocycles. The largest absolute Gasteiger partial charge is 0.465 e. The van der Waals surface area contributed by atoms with Crippen LogP contribution >= 0.6 is 0 Å². The van der Waals surface area contributed by atoms with Gasteiger partial charge in [0.05, 0.1) is 12.7 Å². The second-order valence-corrected chi connectivity index (χ2v) is 8.62. The second kappa shape index (κ2) is 10.5. The van der Waals surface area contributed by atoms with Crippen molar-refractivity contribution >= 4 is 17.8 Å². The first-order valence-electron chi connectivity index (χ1n) is 10.7. The third kappa shape index (κ3) is 6.53. The summed E-state index contributed by atoms with van der Waals surface area (Å²) >= 11 is 0. The van der Waals surface area contributed by atoms with E-state index in [1.165, 1.54) is 42.0 Å². The number of ether oxygens (including phenoxy) is 3. The second-order valence-electron chi connectivity index (χ2n) is 8.62. The Kier molecular flexibility index (Phi) is 7.68. The molecular formula is C26H25F2NO6. The van der Waals surface area contributed by atoms with Crippen LogP contribution in [0, 0.1) is 0 Å². The first-order valence-corrected chi connectivity index (χ1v) is 10.7. The molecule has 0 fully saturated rings. The van der Waals surface area contributed by atoms with Crippen LogP contribution in [0.1, 0.15) is 58.4 Å². The van der Waals surface area contributed by atoms with Crippen molar-refractivity contribution in [3.63, 3.8) is 0 Å². The van der Waals surface area contributed by atoms with E-state index in [1.54, 1.807) is 51.1 Å². The Labute approximate surface area is 201 Å². The van der Waals surface area contributed by atoms with Crippen LogP contribution in [0.4, 0.5) is 13.6 Å². The summed E-state index contributed by atoms with van der Waals surface area (Å²) in [5, 5.41) is 0. The minimum Gasteiger partial charge on any atom is -0.465 e. The SMILES string of the molecule is COC(=O)c1ccc(Cc2ccc(C(=O)c3ccc(OC(F)F)cc3)n2C(=O)OC(C)(C)C)cc1. The number of alkyl halides is 2. The Morgan fingerprint density at radius 1 is 0.886 bits per heavy atom. The van der Waals surface area contributed by atoms with Gasteiger partial charge in [0, 0.05) is 17.7 Å². The van der Waals surface area contributed by atoms with E-state index in [2.05, 4.69) is 4.74 Å². The van der Waals surface area contributed by atoms with E-state index in [0.717, 1.165) is 5.56 Å². The number of methoxy groups -OCH3 is 1. The third-order valence-corrected chi connectivity index (χ3v) is 4.87. The van der Waals surface area contributed by atoms with Gasteiger partial charge >= 0.3 is 18.7 Å². The van der Waals surface area contributed by atoms with Gasteiger partial charge < -0.3 is 14.2 Å². The molecule has 2 aromatic carbocycles. The lowest BCUT2D eigenvalue weighted by Crippen LogP contribution is -2.30. The van der Waals surface area contributed by atoms with Crippen LogP contribution in [-0.2, 0) is 15.9 Å². The molecule has 1 aromatic heterocycles. The van der Waals surface area contributed by atoms with E-state index >= 15 is 0 Å². The third-order valence-electron chi connectivity index (χ3n) is 4.87. The van der Waals surface area contributed by atoms with E-state index in [4.69, 9.17) is 9.47 Å². The lowest BCUT2D eigenvalue weighted by Gasteiger charge is -2.21. The molecule has 0 atom stereocenters. The van der Waals surface area contributed by atoms with Gasteiger partial charge in [-0.1, -0.05) is 12.1 Å². The zero-order valence-corrected chi connectivity index (χ0v) is 19.7. The van der Waals surface area contributed by atoms with Crippen molar-refractivity contribution in [3.8, 4) is 5.75 Å². The Balaban J connectivity index is 1.95. The van der Waals surface area contributed by atoms with Crippen LogP contribution in [0.15, 0.2) is 60.7 Å². The number of esters is 1. The van der Waals surface area contributed by atoms with Crippen molar-refractivity contribution in [2.45, 2.75) is 39.4 Å². The molecular weight excluding hydrogens is 460 g/mol. The summed E-state index contributed by atoms with van der Waals surface area (Å²) in [6, 6.07) is 15.0. The van der Waals surface area contributed by atoms with Crippen molar-refractivity contribution in [3.05, 3.63) is 88.7 Å². The molecule has 0 amide bonds. The number of ketones is 1. The fraction of sp³-hybridized carbons (Fsp3) is 0.269. The summed E-state index contributed by atoms with van der Waals surface area (Å²) in [5.41, 5.74) is 1.09. The van der Waals surface area contributed by atoms with Crippen molar-refractivity contribution in [2.24, 2.45) is 0 Å². The first-order chi connectivity index (χ1) is 16.5. The average Bonchev–Trinajstić information content (AvgIpc) is 3.21. The fourth-order valence-corrected chi connectivity index (χ4v) is 3.34. The van der Waals surface area contributed by atoms with Crippen LogP contribution in [0.2, 0.25) is 0 Å². The van der Waals surface area contributed by atoms with E-state index in [0.29, 0.717) is 11.3 Å². The number of halogens is 2. The summed E-state index contributed by atoms with van der Waals surface area (Å²) in [6.07, 6.45) is -0.459. The van der Waals surface area contributed by atoms with Gasteiger partial charge in [0.15, 0.2) is 0 Å². The standard InChI is InChI=1S/C26H25F2NO6/c1-26(2,3)35-25(32)29-19(15-16-5-7-18(8-6-16)23(31)33-4)11-14-21(29)22(30)17-9-12-20(13-10-17)34-24(27)28/h5-14,24H,15H2,1-4H3. The lowest BCUT2D eigenvalue weighted by molar-refractivity contribution is -0.0498. The number of hydrogen-bond donors (Lipinski definition) is 0. The summed E-state index contributed by atoms with van der Waals surface area (Å²) in [5.74, 6) is -1.05. The number of nitrogens with zero attached hydrogens (tertiary/aromatic N) is 1. The van der Waals surface area contributed by atoms with Gasteiger partial charge in [-0.05, 0) is 74.9 Å². The fourth-order valence-electron chi connectivity index (χ4n) is 3.34. The molecule has 0 unspecified atom stereocenters. The normalized spacial score (nSPS) is 11.3. The maximum Gasteiger partial charge on any atom is 0.419 e. The topological polar surface area (TPSA) is 83.8 Å². The number of aromatic nitrogens is 1. The van der Waals surface area contributed by atoms with Crippen LogP contribution in [0.25, 0.3) is 0 Å². The van der Waals surface area contributed by atoms with Crippen molar-refractivity contribution in [1.29, 1.82) is 0 Å². The molecule has 0 saturated carbocycles. The van der Waals surface area contributed by atoms with Gasteiger partial charge in [-0.25, -0.2) is 14.2 Å². The van der Waals surface area contributed by atoms with Gasteiger partial charge in [0.1, 0.15) is 17.0 Å². The molecule has 7 nitrogen and oxygen atoms in total. The Morgan fingerprint density at radius 2 is 1.49 bits per heavy atom. The van der Waals surface area contributed by atoms with Gasteiger partial charge in [0.25, 0.3) is 0 Å². The van der Waals surface area contributed by atoms with E-state index in [1.807, 2.05) is 0 Å². The molecule has 0 saturated heterocycles. The van der Waals surface area contributed by atoms with Crippen LogP contribution < -0.4 is 4.74 Å². The molecule has 0 aliphatic carbocycles. The highest BCUT2D eigenvalue weighted by Crippen LogP contribution is 2.22. The molecule has 0 radical (unpaired) electrons. The number of carbonyl (C=O) groups excluding carboxylic acids is 3. The molecule has 0 spiro atoms. The number of carbonyl (C=O) groups is 3. The predicted molar refractivity (Wildman–Crippen MR) is 123 cm³/mol. The molecule has 0 bridgehead atoms. The zero-order valence-electron chi connectivity index (χ0n) is 19.7. The van der Waals surface area contributed by atoms with Crippen molar-refractivity contribution in [2.75, 3.05) is 7.11 Å². The molecule has 0 N–H and O–H groups in total. The molecule has 3 aromatic rings. The lowest BCUT2D eigenvalue weighted by atomic mass is 10.1. The first kappa shape index (κ1) is 25.6. The molecule has 3 rings (SSSR count). The monoisotopic (exact) mass is 485 g/mol. The van der Waals surface area contributed by atoms with E-state index in [-0.39, 0.29) is 23.4 Å². The molecule has 0 aliphatic rings. The zero-order chi connectivity index (χ0) is 25.8. The van der Waals surface area contributed by atoms with Crippen LogP contribution in [-0.4, -0.2) is 41.7 Å². The van der Waals surface area contributed by atoms with Gasteiger partial charge in [-0.15, -0.1) is 0 Å². The minimum absolute atomic E-state index is 0.0583. The quantitative estimate of drug-likeness (QED) is 0.326. The molecule has 9 heteroatoms. The highest BCUT2D eigenvalue weighted by atomic mass is 19.3. The highest BCUT2D eigenvalue weighted by molar-refractivity contribution is 6.09. The summed E-state index contributed by atoms with van der Waals surface area (Å²) in [6.45, 7) is 2.15. The van der Waals surface area contributed by atoms with Gasteiger partial charge in [-0.2, -0.15) is 8.78 Å². The van der Waals surface area contributed by atoms with Gasteiger partial charge in [-0.3, -0.25) is 4.79 Å². The molecule has 184 valence electrons.